The largest absolute Gasteiger partial charge is 0.333 e. The highest BCUT2D eigenvalue weighted by molar-refractivity contribution is 7.10. The van der Waals surface area contributed by atoms with Gasteiger partial charge in [-0.15, -0.1) is 11.3 Å². The molecule has 2 amide bonds. The number of aryl methyl sites for hydroxylation is 1. The molecule has 0 N–H and O–H groups in total. The Morgan fingerprint density at radius 1 is 1.00 bits per heavy atom. The highest BCUT2D eigenvalue weighted by Gasteiger charge is 2.33. The quantitative estimate of drug-likeness (QED) is 0.333. The molecule has 1 aromatic heterocycles. The van der Waals surface area contributed by atoms with Gasteiger partial charge < -0.3 is 9.80 Å². The Balaban J connectivity index is 1.72. The van der Waals surface area contributed by atoms with Crippen molar-refractivity contribution in [2.45, 2.75) is 84.6 Å². The molecule has 33 heavy (non-hydrogen) atoms. The molecular formula is C28H40N2O2S. The molecule has 0 radical (unpaired) electrons. The number of hydrogen-bond donors (Lipinski definition) is 0. The first-order valence-corrected chi connectivity index (χ1v) is 13.6. The average molecular weight is 469 g/mol. The minimum absolute atomic E-state index is 0.0628. The van der Waals surface area contributed by atoms with Gasteiger partial charge in [-0.2, -0.15) is 0 Å². The summed E-state index contributed by atoms with van der Waals surface area (Å²) in [6.07, 6.45) is 9.03. The zero-order chi connectivity index (χ0) is 23.6. The molecule has 2 aromatic rings. The van der Waals surface area contributed by atoms with Crippen LogP contribution in [0.4, 0.5) is 0 Å². The van der Waals surface area contributed by atoms with E-state index in [0.29, 0.717) is 19.5 Å². The number of amides is 2. The first-order valence-electron chi connectivity index (χ1n) is 12.7. The molecule has 2 heterocycles. The topological polar surface area (TPSA) is 40.6 Å². The molecule has 4 nitrogen and oxygen atoms in total. The summed E-state index contributed by atoms with van der Waals surface area (Å²) in [5.41, 5.74) is 3.61. The van der Waals surface area contributed by atoms with Gasteiger partial charge in [-0.25, -0.2) is 0 Å². The Morgan fingerprint density at radius 3 is 2.45 bits per heavy atom. The lowest BCUT2D eigenvalue weighted by atomic mass is 9.92. The van der Waals surface area contributed by atoms with Gasteiger partial charge in [0, 0.05) is 24.4 Å². The fourth-order valence-corrected chi connectivity index (χ4v) is 5.53. The number of nitrogens with zero attached hydrogens (tertiary/aromatic N) is 2. The SMILES string of the molecule is CCCCCCCC(=O)N(CCCC)CC(=O)N1CCc2sccc2C1c1ccc(C)cc1. The maximum atomic E-state index is 13.6. The minimum atomic E-state index is -0.0646. The lowest BCUT2D eigenvalue weighted by Gasteiger charge is -2.37. The van der Waals surface area contributed by atoms with Crippen molar-refractivity contribution in [3.63, 3.8) is 0 Å². The van der Waals surface area contributed by atoms with E-state index in [4.69, 9.17) is 0 Å². The number of benzene rings is 1. The van der Waals surface area contributed by atoms with Crippen LogP contribution in [0.5, 0.6) is 0 Å². The second-order valence-electron chi connectivity index (χ2n) is 9.28. The molecule has 0 aliphatic carbocycles. The molecule has 0 saturated carbocycles. The molecule has 5 heteroatoms. The van der Waals surface area contributed by atoms with Gasteiger partial charge in [0.05, 0.1) is 12.6 Å². The van der Waals surface area contributed by atoms with Gasteiger partial charge >= 0.3 is 0 Å². The van der Waals surface area contributed by atoms with Crippen LogP contribution < -0.4 is 0 Å². The molecule has 1 unspecified atom stereocenters. The Bertz CT molecular complexity index is 890. The first-order chi connectivity index (χ1) is 16.0. The van der Waals surface area contributed by atoms with E-state index in [1.165, 1.54) is 35.3 Å². The number of carbonyl (C=O) groups is 2. The highest BCUT2D eigenvalue weighted by atomic mass is 32.1. The predicted octanol–water partition coefficient (Wildman–Crippen LogP) is 6.52. The van der Waals surface area contributed by atoms with Crippen molar-refractivity contribution in [2.24, 2.45) is 0 Å². The van der Waals surface area contributed by atoms with E-state index in [9.17, 15) is 9.59 Å². The molecule has 0 bridgehead atoms. The van der Waals surface area contributed by atoms with Crippen molar-refractivity contribution in [1.82, 2.24) is 9.80 Å². The minimum Gasteiger partial charge on any atom is -0.333 e. The lowest BCUT2D eigenvalue weighted by molar-refractivity contribution is -0.141. The molecule has 1 atom stereocenters. The highest BCUT2D eigenvalue weighted by Crippen LogP contribution is 2.38. The van der Waals surface area contributed by atoms with Gasteiger partial charge in [-0.1, -0.05) is 75.8 Å². The summed E-state index contributed by atoms with van der Waals surface area (Å²) < 4.78 is 0. The lowest BCUT2D eigenvalue weighted by Crippen LogP contribution is -2.47. The van der Waals surface area contributed by atoms with Crippen molar-refractivity contribution in [2.75, 3.05) is 19.6 Å². The Hall–Kier alpha value is -2.14. The van der Waals surface area contributed by atoms with Crippen molar-refractivity contribution in [3.05, 3.63) is 57.3 Å². The normalized spacial score (nSPS) is 15.4. The van der Waals surface area contributed by atoms with E-state index in [-0.39, 0.29) is 24.4 Å². The van der Waals surface area contributed by atoms with E-state index in [2.05, 4.69) is 56.5 Å². The van der Waals surface area contributed by atoms with E-state index >= 15 is 0 Å². The van der Waals surface area contributed by atoms with Crippen molar-refractivity contribution >= 4 is 23.2 Å². The number of hydrogen-bond acceptors (Lipinski definition) is 3. The summed E-state index contributed by atoms with van der Waals surface area (Å²) in [5, 5.41) is 2.13. The van der Waals surface area contributed by atoms with E-state index in [1.54, 1.807) is 11.3 Å². The average Bonchev–Trinajstić information content (AvgIpc) is 3.30. The second-order valence-corrected chi connectivity index (χ2v) is 10.3. The van der Waals surface area contributed by atoms with Crippen LogP contribution >= 0.6 is 11.3 Å². The summed E-state index contributed by atoms with van der Waals surface area (Å²) in [5.74, 6) is 0.196. The number of unbranched alkanes of at least 4 members (excludes halogenated alkanes) is 5. The van der Waals surface area contributed by atoms with Crippen LogP contribution in [-0.4, -0.2) is 41.2 Å². The van der Waals surface area contributed by atoms with Crippen molar-refractivity contribution in [3.8, 4) is 0 Å². The predicted molar refractivity (Wildman–Crippen MR) is 138 cm³/mol. The van der Waals surface area contributed by atoms with E-state index in [0.717, 1.165) is 37.7 Å². The van der Waals surface area contributed by atoms with Gasteiger partial charge in [0.15, 0.2) is 0 Å². The Labute approximate surface area is 204 Å². The summed E-state index contributed by atoms with van der Waals surface area (Å²) >= 11 is 1.78. The van der Waals surface area contributed by atoms with Gasteiger partial charge in [-0.3, -0.25) is 9.59 Å². The molecule has 0 fully saturated rings. The third-order valence-electron chi connectivity index (χ3n) is 6.63. The maximum absolute atomic E-state index is 13.6. The standard InChI is InChI=1S/C28H40N2O2S/c1-4-6-8-9-10-11-26(31)29(18-7-5-2)21-27(32)30-19-16-25-24(17-20-33-25)28(30)23-14-12-22(3)13-15-23/h12-15,17,20,28H,4-11,16,18-19,21H2,1-3H3. The zero-order valence-electron chi connectivity index (χ0n) is 20.6. The van der Waals surface area contributed by atoms with E-state index in [1.807, 2.05) is 9.80 Å². The van der Waals surface area contributed by atoms with Crippen LogP contribution in [0.15, 0.2) is 35.7 Å². The summed E-state index contributed by atoms with van der Waals surface area (Å²) in [7, 11) is 0. The third kappa shape index (κ3) is 6.92. The summed E-state index contributed by atoms with van der Waals surface area (Å²) in [4.78, 5) is 31.8. The summed E-state index contributed by atoms with van der Waals surface area (Å²) in [6, 6.07) is 10.6. The van der Waals surface area contributed by atoms with Gasteiger partial charge in [-0.05, 0) is 48.8 Å². The van der Waals surface area contributed by atoms with Crippen LogP contribution in [0.3, 0.4) is 0 Å². The van der Waals surface area contributed by atoms with E-state index < -0.39 is 0 Å². The van der Waals surface area contributed by atoms with Gasteiger partial charge in [0.2, 0.25) is 11.8 Å². The van der Waals surface area contributed by atoms with Crippen LogP contribution in [0.1, 0.15) is 92.8 Å². The van der Waals surface area contributed by atoms with Crippen molar-refractivity contribution < 1.29 is 9.59 Å². The Kier molecular flexibility index (Phi) is 9.98. The van der Waals surface area contributed by atoms with Crippen molar-refractivity contribution in [1.29, 1.82) is 0 Å². The smallest absolute Gasteiger partial charge is 0.242 e. The molecule has 1 aliphatic rings. The van der Waals surface area contributed by atoms with Crippen LogP contribution in [0, 0.1) is 6.92 Å². The molecule has 1 aromatic carbocycles. The number of thiophene rings is 1. The molecule has 180 valence electrons. The number of rotatable bonds is 12. The number of fused-ring (bicyclic) bond motifs is 1. The monoisotopic (exact) mass is 468 g/mol. The molecule has 0 spiro atoms. The third-order valence-corrected chi connectivity index (χ3v) is 7.63. The zero-order valence-corrected chi connectivity index (χ0v) is 21.5. The van der Waals surface area contributed by atoms with Crippen LogP contribution in [0.2, 0.25) is 0 Å². The summed E-state index contributed by atoms with van der Waals surface area (Å²) in [6.45, 7) is 7.98. The first kappa shape index (κ1) is 25.5. The fraction of sp³-hybridized carbons (Fsp3) is 0.571. The van der Waals surface area contributed by atoms with Crippen LogP contribution in [-0.2, 0) is 16.0 Å². The molecule has 3 rings (SSSR count). The maximum Gasteiger partial charge on any atom is 0.242 e. The molecular weight excluding hydrogens is 428 g/mol. The van der Waals surface area contributed by atoms with Gasteiger partial charge in [0.25, 0.3) is 0 Å². The molecule has 1 aliphatic heterocycles. The second kappa shape index (κ2) is 12.9. The van der Waals surface area contributed by atoms with Gasteiger partial charge in [0.1, 0.15) is 0 Å². The molecule has 0 saturated heterocycles. The Morgan fingerprint density at radius 2 is 1.73 bits per heavy atom. The number of carbonyl (C=O) groups excluding carboxylic acids is 2. The fourth-order valence-electron chi connectivity index (χ4n) is 4.63. The van der Waals surface area contributed by atoms with Crippen LogP contribution in [0.25, 0.3) is 0 Å².